The number of piperidine rings is 1. The number of carboxylic acid groups (broad SMARTS) is 1. The number of hydrogen-bond acceptors (Lipinski definition) is 6. The van der Waals surface area contributed by atoms with E-state index < -0.39 is 28.1 Å². The molecular weight excluding hydrogens is 444 g/mol. The largest absolute Gasteiger partial charge is 0.481 e. The van der Waals surface area contributed by atoms with Crippen LogP contribution in [0.4, 0.5) is 0 Å². The number of aliphatic carboxylic acids is 1. The Morgan fingerprint density at radius 3 is 2.55 bits per heavy atom. The van der Waals surface area contributed by atoms with Crippen molar-refractivity contribution in [1.82, 2.24) is 18.8 Å². The smallest absolute Gasteiger partial charge is 0.306 e. The second kappa shape index (κ2) is 8.81. The van der Waals surface area contributed by atoms with Gasteiger partial charge in [-0.05, 0) is 55.9 Å². The number of carboxylic acids is 1. The van der Waals surface area contributed by atoms with Crippen molar-refractivity contribution in [2.45, 2.75) is 57.4 Å². The molecule has 1 saturated carbocycles. The van der Waals surface area contributed by atoms with Crippen molar-refractivity contribution in [1.29, 1.82) is 0 Å². The summed E-state index contributed by atoms with van der Waals surface area (Å²) < 4.78 is 35.6. The van der Waals surface area contributed by atoms with Gasteiger partial charge in [0.1, 0.15) is 6.04 Å². The van der Waals surface area contributed by atoms with Gasteiger partial charge in [-0.15, -0.1) is 0 Å². The van der Waals surface area contributed by atoms with Gasteiger partial charge in [0, 0.05) is 26.1 Å². The van der Waals surface area contributed by atoms with Gasteiger partial charge in [-0.2, -0.15) is 22.0 Å². The molecular formula is C23H30N4O5S. The summed E-state index contributed by atoms with van der Waals surface area (Å²) in [6.07, 6.45) is 5.87. The third-order valence-corrected chi connectivity index (χ3v) is 9.32. The summed E-state index contributed by atoms with van der Waals surface area (Å²) in [5, 5.41) is 13.4. The van der Waals surface area contributed by atoms with E-state index >= 15 is 0 Å². The highest BCUT2D eigenvalue weighted by molar-refractivity contribution is 7.86. The van der Waals surface area contributed by atoms with E-state index in [2.05, 4.69) is 22.3 Å². The van der Waals surface area contributed by atoms with E-state index in [1.54, 1.807) is 0 Å². The first-order valence-corrected chi connectivity index (χ1v) is 13.1. The predicted octanol–water partition coefficient (Wildman–Crippen LogP) is 2.81. The molecule has 2 saturated heterocycles. The van der Waals surface area contributed by atoms with Crippen molar-refractivity contribution in [3.8, 4) is 0 Å². The number of nitrogens with zero attached hydrogens (tertiary/aromatic N) is 4. The highest BCUT2D eigenvalue weighted by Gasteiger charge is 2.57. The number of carbonyl (C=O) groups is 1. The molecule has 0 unspecified atom stereocenters. The van der Waals surface area contributed by atoms with Crippen LogP contribution in [0.2, 0.25) is 0 Å². The Labute approximate surface area is 194 Å². The maximum atomic E-state index is 13.5. The normalized spacial score (nSPS) is 23.8. The van der Waals surface area contributed by atoms with Gasteiger partial charge in [-0.25, -0.2) is 0 Å². The van der Waals surface area contributed by atoms with Crippen LogP contribution < -0.4 is 0 Å². The average molecular weight is 475 g/mol. The molecule has 2 aromatic rings. The minimum absolute atomic E-state index is 0.0130. The fourth-order valence-electron chi connectivity index (χ4n) is 5.09. The first-order valence-electron chi connectivity index (χ1n) is 11.7. The summed E-state index contributed by atoms with van der Waals surface area (Å²) in [7, 11) is -3.74. The monoisotopic (exact) mass is 474 g/mol. The molecule has 2 aliphatic heterocycles. The van der Waals surface area contributed by atoms with Crippen LogP contribution in [-0.4, -0.2) is 57.9 Å². The van der Waals surface area contributed by atoms with E-state index in [9.17, 15) is 18.3 Å². The summed E-state index contributed by atoms with van der Waals surface area (Å²) in [6.45, 7) is 0.915. The van der Waals surface area contributed by atoms with Gasteiger partial charge in [0.25, 0.3) is 10.2 Å². The van der Waals surface area contributed by atoms with Gasteiger partial charge in [-0.1, -0.05) is 35.5 Å². The van der Waals surface area contributed by atoms with Gasteiger partial charge >= 0.3 is 5.97 Å². The molecule has 0 amide bonds. The van der Waals surface area contributed by atoms with Crippen LogP contribution >= 0.6 is 0 Å². The van der Waals surface area contributed by atoms with E-state index in [1.807, 2.05) is 18.2 Å². The number of aryl methyl sites for hydroxylation is 2. The second-order valence-corrected chi connectivity index (χ2v) is 11.6. The second-order valence-electron chi connectivity index (χ2n) is 9.67. The number of rotatable bonds is 8. The minimum atomic E-state index is -3.74. The standard InChI is InChI=1S/C23H30N4O5S/c28-22(29)18-9-13-26(14-10-18)33(30,31)27-16-23(11-12-23)15-19(27)21-24-20(25-32-21)8-4-7-17-5-2-1-3-6-17/h1-3,5-6,18-19H,4,7-16H2,(H,28,29)/t19-/m0/s1. The summed E-state index contributed by atoms with van der Waals surface area (Å²) in [4.78, 5) is 15.8. The van der Waals surface area contributed by atoms with E-state index in [0.29, 0.717) is 43.9 Å². The van der Waals surface area contributed by atoms with Crippen molar-refractivity contribution in [3.05, 3.63) is 47.6 Å². The van der Waals surface area contributed by atoms with Crippen LogP contribution in [0.15, 0.2) is 34.9 Å². The zero-order valence-corrected chi connectivity index (χ0v) is 19.4. The van der Waals surface area contributed by atoms with Crippen LogP contribution in [0.3, 0.4) is 0 Å². The van der Waals surface area contributed by atoms with E-state index in [4.69, 9.17) is 4.52 Å². The molecule has 1 aromatic heterocycles. The Kier molecular flexibility index (Phi) is 6.00. The molecule has 178 valence electrons. The lowest BCUT2D eigenvalue weighted by Crippen LogP contribution is -2.47. The lowest BCUT2D eigenvalue weighted by atomic mass is 9.99. The Balaban J connectivity index is 1.27. The van der Waals surface area contributed by atoms with Crippen LogP contribution in [0.1, 0.15) is 61.8 Å². The summed E-state index contributed by atoms with van der Waals surface area (Å²) in [5.41, 5.74) is 1.27. The molecule has 1 aliphatic carbocycles. The number of aromatic nitrogens is 2. The number of hydrogen-bond donors (Lipinski definition) is 1. The molecule has 0 bridgehead atoms. The SMILES string of the molecule is O=C(O)C1CCN(S(=O)(=O)N2CC3(CC3)C[C@H]2c2nc(CCCc3ccccc3)no2)CC1. The van der Waals surface area contributed by atoms with Crippen LogP contribution in [0.5, 0.6) is 0 Å². The van der Waals surface area contributed by atoms with Crippen LogP contribution in [0.25, 0.3) is 0 Å². The van der Waals surface area contributed by atoms with Gasteiger partial charge in [-0.3, -0.25) is 4.79 Å². The van der Waals surface area contributed by atoms with Crippen LogP contribution in [-0.2, 0) is 27.8 Å². The van der Waals surface area contributed by atoms with Gasteiger partial charge in [0.05, 0.1) is 5.92 Å². The Morgan fingerprint density at radius 2 is 1.88 bits per heavy atom. The van der Waals surface area contributed by atoms with Gasteiger partial charge < -0.3 is 9.63 Å². The molecule has 3 fully saturated rings. The van der Waals surface area contributed by atoms with Gasteiger partial charge in [0.2, 0.25) is 5.89 Å². The third-order valence-electron chi connectivity index (χ3n) is 7.33. The molecule has 0 radical (unpaired) electrons. The lowest BCUT2D eigenvalue weighted by molar-refractivity contribution is -0.142. The average Bonchev–Trinajstić information content (AvgIpc) is 3.22. The molecule has 5 rings (SSSR count). The highest BCUT2D eigenvalue weighted by Crippen LogP contribution is 2.59. The van der Waals surface area contributed by atoms with Gasteiger partial charge in [0.15, 0.2) is 5.82 Å². The number of benzene rings is 1. The maximum absolute atomic E-state index is 13.5. The Bertz CT molecular complexity index is 1090. The van der Waals surface area contributed by atoms with E-state index in [0.717, 1.165) is 25.7 Å². The van der Waals surface area contributed by atoms with Crippen molar-refractivity contribution in [2.24, 2.45) is 11.3 Å². The fraction of sp³-hybridized carbons (Fsp3) is 0.609. The molecule has 3 heterocycles. The molecule has 1 spiro atoms. The van der Waals surface area contributed by atoms with E-state index in [1.165, 1.54) is 14.2 Å². The predicted molar refractivity (Wildman–Crippen MR) is 119 cm³/mol. The molecule has 1 atom stereocenters. The molecule has 33 heavy (non-hydrogen) atoms. The topological polar surface area (TPSA) is 117 Å². The minimum Gasteiger partial charge on any atom is -0.481 e. The zero-order chi connectivity index (χ0) is 23.1. The van der Waals surface area contributed by atoms with Crippen LogP contribution in [0, 0.1) is 11.3 Å². The Morgan fingerprint density at radius 1 is 1.15 bits per heavy atom. The Hall–Kier alpha value is -2.30. The zero-order valence-electron chi connectivity index (χ0n) is 18.6. The van der Waals surface area contributed by atoms with E-state index in [-0.39, 0.29) is 18.5 Å². The van der Waals surface area contributed by atoms with Crippen molar-refractivity contribution < 1.29 is 22.8 Å². The molecule has 9 nitrogen and oxygen atoms in total. The van der Waals surface area contributed by atoms with Crippen molar-refractivity contribution in [3.63, 3.8) is 0 Å². The van der Waals surface area contributed by atoms with Crippen molar-refractivity contribution >= 4 is 16.2 Å². The summed E-state index contributed by atoms with van der Waals surface area (Å²) >= 11 is 0. The first-order chi connectivity index (χ1) is 15.9. The molecule has 1 N–H and O–H groups in total. The summed E-state index contributed by atoms with van der Waals surface area (Å²) in [5.74, 6) is -0.349. The molecule has 3 aliphatic rings. The third kappa shape index (κ3) is 4.69. The molecule has 1 aromatic carbocycles. The van der Waals surface area contributed by atoms with Crippen molar-refractivity contribution in [2.75, 3.05) is 19.6 Å². The summed E-state index contributed by atoms with van der Waals surface area (Å²) in [6, 6.07) is 9.78. The highest BCUT2D eigenvalue weighted by atomic mass is 32.2. The maximum Gasteiger partial charge on any atom is 0.306 e. The quantitative estimate of drug-likeness (QED) is 0.625. The fourth-order valence-corrected chi connectivity index (χ4v) is 6.98. The lowest BCUT2D eigenvalue weighted by Gasteiger charge is -2.33. The molecule has 10 heteroatoms. The first kappa shape index (κ1) is 22.5.